The van der Waals surface area contributed by atoms with Crippen LogP contribution in [-0.4, -0.2) is 34.0 Å². The predicted molar refractivity (Wildman–Crippen MR) is 99.5 cm³/mol. The van der Waals surface area contributed by atoms with Gasteiger partial charge in [0.1, 0.15) is 11.3 Å². The van der Waals surface area contributed by atoms with Crippen molar-refractivity contribution in [1.29, 1.82) is 0 Å². The molecule has 2 heterocycles. The van der Waals surface area contributed by atoms with Gasteiger partial charge in [0.2, 0.25) is 5.88 Å². The van der Waals surface area contributed by atoms with Gasteiger partial charge in [-0.25, -0.2) is 0 Å². The lowest BCUT2D eigenvalue weighted by molar-refractivity contribution is 0.0995. The maximum atomic E-state index is 12.6. The molecule has 134 valence electrons. The highest BCUT2D eigenvalue weighted by Crippen LogP contribution is 2.24. The summed E-state index contributed by atoms with van der Waals surface area (Å²) in [4.78, 5) is 17.4. The van der Waals surface area contributed by atoms with Crippen molar-refractivity contribution < 1.29 is 14.3 Å². The molecule has 0 radical (unpaired) electrons. The van der Waals surface area contributed by atoms with Crippen LogP contribution in [0.25, 0.3) is 10.2 Å². The average Bonchev–Trinajstić information content (AvgIpc) is 3.16. The lowest BCUT2D eigenvalue weighted by Gasteiger charge is -2.03. The molecular formula is C18H18N4O3S. The number of aryl methyl sites for hydroxylation is 1. The molecule has 0 bridgehead atoms. The number of thiazole rings is 1. The third-order valence-electron chi connectivity index (χ3n) is 3.63. The van der Waals surface area contributed by atoms with Crippen LogP contribution in [0.2, 0.25) is 0 Å². The van der Waals surface area contributed by atoms with Crippen molar-refractivity contribution in [3.05, 3.63) is 34.8 Å². The number of fused-ring (bicyclic) bond motifs is 1. The van der Waals surface area contributed by atoms with Gasteiger partial charge in [-0.3, -0.25) is 9.48 Å². The summed E-state index contributed by atoms with van der Waals surface area (Å²) in [5.74, 6) is 3.18. The van der Waals surface area contributed by atoms with Crippen LogP contribution in [-0.2, 0) is 13.6 Å². The van der Waals surface area contributed by atoms with Crippen molar-refractivity contribution in [3.63, 3.8) is 0 Å². The van der Waals surface area contributed by atoms with Gasteiger partial charge in [0.15, 0.2) is 4.80 Å². The Hall–Kier alpha value is -3.05. The van der Waals surface area contributed by atoms with Crippen molar-refractivity contribution in [2.75, 3.05) is 13.7 Å². The fourth-order valence-electron chi connectivity index (χ4n) is 2.55. The van der Waals surface area contributed by atoms with Crippen molar-refractivity contribution in [2.24, 2.45) is 12.0 Å². The van der Waals surface area contributed by atoms with Crippen LogP contribution in [0, 0.1) is 12.3 Å². The molecule has 0 saturated heterocycles. The number of carbonyl (C=O) groups is 1. The Bertz CT molecular complexity index is 1070. The Morgan fingerprint density at radius 1 is 1.46 bits per heavy atom. The summed E-state index contributed by atoms with van der Waals surface area (Å²) in [5, 5.41) is 4.09. The third kappa shape index (κ3) is 3.34. The molecule has 0 aliphatic rings. The van der Waals surface area contributed by atoms with Crippen molar-refractivity contribution in [2.45, 2.75) is 13.5 Å². The topological polar surface area (TPSA) is 70.6 Å². The summed E-state index contributed by atoms with van der Waals surface area (Å²) in [6, 6.07) is 5.72. The molecule has 0 saturated carbocycles. The smallest absolute Gasteiger partial charge is 0.286 e. The molecule has 3 aromatic rings. The first-order valence-electron chi connectivity index (χ1n) is 7.93. The second-order valence-corrected chi connectivity index (χ2v) is 6.39. The minimum atomic E-state index is -0.433. The van der Waals surface area contributed by atoms with Crippen molar-refractivity contribution in [1.82, 2.24) is 14.3 Å². The van der Waals surface area contributed by atoms with Gasteiger partial charge < -0.3 is 14.0 Å². The van der Waals surface area contributed by atoms with Gasteiger partial charge >= 0.3 is 0 Å². The number of rotatable bonds is 5. The van der Waals surface area contributed by atoms with Crippen molar-refractivity contribution >= 4 is 27.5 Å². The second kappa shape index (κ2) is 7.45. The van der Waals surface area contributed by atoms with Crippen LogP contribution < -0.4 is 14.3 Å². The number of benzene rings is 1. The van der Waals surface area contributed by atoms with E-state index < -0.39 is 5.91 Å². The number of hydrogen-bond donors (Lipinski definition) is 0. The number of carbonyl (C=O) groups excluding carboxylic acids is 1. The standard InChI is InChI=1S/C18H18N4O3S/c1-5-9-22-14-8-7-12(25-6-2)10-15(14)26-18(22)19-16(23)13-11-21(3)20-17(13)24-4/h1,7-8,10-11H,6,9H2,2-4H3. The van der Waals surface area contributed by atoms with Gasteiger partial charge in [-0.1, -0.05) is 17.3 Å². The van der Waals surface area contributed by atoms with E-state index >= 15 is 0 Å². The quantitative estimate of drug-likeness (QED) is 0.646. The van der Waals surface area contributed by atoms with Crippen LogP contribution in [0.3, 0.4) is 0 Å². The molecule has 0 N–H and O–H groups in total. The molecule has 0 atom stereocenters. The Kier molecular flexibility index (Phi) is 5.09. The normalized spacial score (nSPS) is 11.5. The molecule has 2 aromatic heterocycles. The van der Waals surface area contributed by atoms with E-state index in [4.69, 9.17) is 15.9 Å². The molecule has 7 nitrogen and oxygen atoms in total. The highest BCUT2D eigenvalue weighted by Gasteiger charge is 2.17. The zero-order valence-corrected chi connectivity index (χ0v) is 15.5. The van der Waals surface area contributed by atoms with Crippen LogP contribution in [0.4, 0.5) is 0 Å². The molecule has 0 unspecified atom stereocenters. The van der Waals surface area contributed by atoms with E-state index in [0.29, 0.717) is 23.5 Å². The molecule has 0 spiro atoms. The number of hydrogen-bond acceptors (Lipinski definition) is 5. The summed E-state index contributed by atoms with van der Waals surface area (Å²) >= 11 is 1.38. The van der Waals surface area contributed by atoms with Crippen LogP contribution in [0.15, 0.2) is 29.4 Å². The molecule has 1 aromatic carbocycles. The van der Waals surface area contributed by atoms with Gasteiger partial charge in [-0.15, -0.1) is 11.5 Å². The van der Waals surface area contributed by atoms with E-state index in [-0.39, 0.29) is 5.88 Å². The average molecular weight is 370 g/mol. The summed E-state index contributed by atoms with van der Waals surface area (Å²) in [6.07, 6.45) is 7.08. The molecule has 0 fully saturated rings. The van der Waals surface area contributed by atoms with Gasteiger partial charge in [0.25, 0.3) is 5.91 Å². The van der Waals surface area contributed by atoms with E-state index in [1.807, 2.05) is 29.7 Å². The van der Waals surface area contributed by atoms with E-state index in [0.717, 1.165) is 16.0 Å². The number of methoxy groups -OCH3 is 1. The third-order valence-corrected chi connectivity index (χ3v) is 4.67. The van der Waals surface area contributed by atoms with E-state index in [1.165, 1.54) is 23.1 Å². The first kappa shape index (κ1) is 17.8. The largest absolute Gasteiger partial charge is 0.494 e. The van der Waals surface area contributed by atoms with Gasteiger partial charge in [0, 0.05) is 13.2 Å². The minimum Gasteiger partial charge on any atom is -0.494 e. The Balaban J connectivity index is 2.13. The fraction of sp³-hybridized carbons (Fsp3) is 0.278. The molecule has 0 aliphatic carbocycles. The van der Waals surface area contributed by atoms with Crippen LogP contribution >= 0.6 is 11.3 Å². The zero-order chi connectivity index (χ0) is 18.7. The molecule has 0 aliphatic heterocycles. The summed E-state index contributed by atoms with van der Waals surface area (Å²) in [7, 11) is 3.18. The van der Waals surface area contributed by atoms with Crippen molar-refractivity contribution in [3.8, 4) is 24.0 Å². The number of terminal acetylenes is 1. The van der Waals surface area contributed by atoms with E-state index in [9.17, 15) is 4.79 Å². The first-order chi connectivity index (χ1) is 12.6. The van der Waals surface area contributed by atoms with E-state index in [2.05, 4.69) is 16.0 Å². The second-order valence-electron chi connectivity index (χ2n) is 5.38. The maximum absolute atomic E-state index is 12.6. The minimum absolute atomic E-state index is 0.240. The predicted octanol–water partition coefficient (Wildman–Crippen LogP) is 2.22. The summed E-state index contributed by atoms with van der Waals surface area (Å²) in [6.45, 7) is 2.82. The number of aromatic nitrogens is 3. The summed E-state index contributed by atoms with van der Waals surface area (Å²) < 4.78 is 15.0. The molecule has 1 amide bonds. The van der Waals surface area contributed by atoms with E-state index in [1.54, 1.807) is 13.2 Å². The van der Waals surface area contributed by atoms with Gasteiger partial charge in [-0.05, 0) is 25.1 Å². The van der Waals surface area contributed by atoms with Crippen LogP contribution in [0.5, 0.6) is 11.6 Å². The highest BCUT2D eigenvalue weighted by atomic mass is 32.1. The number of amides is 1. The fourth-order valence-corrected chi connectivity index (χ4v) is 3.61. The number of ether oxygens (including phenoxy) is 2. The summed E-state index contributed by atoms with van der Waals surface area (Å²) in [5.41, 5.74) is 1.20. The molecule has 26 heavy (non-hydrogen) atoms. The monoisotopic (exact) mass is 370 g/mol. The number of nitrogens with zero attached hydrogens (tertiary/aromatic N) is 4. The van der Waals surface area contributed by atoms with Gasteiger partial charge in [0.05, 0.1) is 30.5 Å². The first-order valence-corrected chi connectivity index (χ1v) is 8.75. The molecular weight excluding hydrogens is 352 g/mol. The van der Waals surface area contributed by atoms with Gasteiger partial charge in [-0.2, -0.15) is 4.99 Å². The zero-order valence-electron chi connectivity index (χ0n) is 14.7. The SMILES string of the molecule is C#CCn1c(=NC(=O)c2cn(C)nc2OC)sc2cc(OCC)ccc21. The Morgan fingerprint density at radius 3 is 2.96 bits per heavy atom. The Labute approximate surface area is 154 Å². The highest BCUT2D eigenvalue weighted by molar-refractivity contribution is 7.16. The van der Waals surface area contributed by atoms with Crippen LogP contribution in [0.1, 0.15) is 17.3 Å². The maximum Gasteiger partial charge on any atom is 0.286 e. The molecule has 8 heteroatoms. The molecule has 3 rings (SSSR count). The Morgan fingerprint density at radius 2 is 2.27 bits per heavy atom. The lowest BCUT2D eigenvalue weighted by atomic mass is 10.3. The lowest BCUT2D eigenvalue weighted by Crippen LogP contribution is -2.16.